The van der Waals surface area contributed by atoms with Gasteiger partial charge in [0.1, 0.15) is 12.2 Å². The Morgan fingerprint density at radius 2 is 0.792 bits per heavy atom. The molecule has 0 aliphatic carbocycles. The minimum Gasteiger partial charge on any atom is -0.394 e. The summed E-state index contributed by atoms with van der Waals surface area (Å²) in [7, 11) is 0. The largest absolute Gasteiger partial charge is 0.394 e. The van der Waals surface area contributed by atoms with Crippen molar-refractivity contribution < 1.29 is 25.2 Å². The van der Waals surface area contributed by atoms with Crippen molar-refractivity contribution in [1.29, 1.82) is 0 Å². The summed E-state index contributed by atoms with van der Waals surface area (Å²) in [5, 5.41) is 43.6. The Bertz CT molecular complexity index is 884. The Morgan fingerprint density at radius 1 is 0.453 bits per heavy atom. The number of allylic oxidation sites excluding steroid dienone is 8. The van der Waals surface area contributed by atoms with Crippen molar-refractivity contribution >= 4 is 5.91 Å². The molecule has 6 heteroatoms. The van der Waals surface area contributed by atoms with Crippen LogP contribution in [0.15, 0.2) is 48.6 Å². The molecule has 310 valence electrons. The second-order valence-corrected chi connectivity index (χ2v) is 15.4. The van der Waals surface area contributed by atoms with E-state index in [1.807, 2.05) is 0 Å². The second-order valence-electron chi connectivity index (χ2n) is 15.4. The van der Waals surface area contributed by atoms with Gasteiger partial charge in [-0.25, -0.2) is 0 Å². The molecule has 4 unspecified atom stereocenters. The van der Waals surface area contributed by atoms with E-state index in [0.29, 0.717) is 19.3 Å². The fourth-order valence-electron chi connectivity index (χ4n) is 6.61. The number of nitrogens with one attached hydrogen (secondary N) is 1. The lowest BCUT2D eigenvalue weighted by Gasteiger charge is -2.27. The smallest absolute Gasteiger partial charge is 0.249 e. The molecule has 0 rings (SSSR count). The van der Waals surface area contributed by atoms with Crippen molar-refractivity contribution in [3.8, 4) is 0 Å². The third kappa shape index (κ3) is 35.7. The molecule has 0 fully saturated rings. The number of rotatable bonds is 40. The van der Waals surface area contributed by atoms with Gasteiger partial charge >= 0.3 is 0 Å². The molecule has 0 aliphatic rings. The molecule has 4 atom stereocenters. The zero-order valence-corrected chi connectivity index (χ0v) is 34.8. The van der Waals surface area contributed by atoms with Crippen LogP contribution in [0, 0.1) is 0 Å². The van der Waals surface area contributed by atoms with Crippen LogP contribution in [0.5, 0.6) is 0 Å². The molecule has 0 saturated carbocycles. The molecule has 6 nitrogen and oxygen atoms in total. The summed E-state index contributed by atoms with van der Waals surface area (Å²) in [6, 6.07) is -1.01. The highest BCUT2D eigenvalue weighted by atomic mass is 16.3. The van der Waals surface area contributed by atoms with Crippen LogP contribution >= 0.6 is 0 Å². The molecule has 1 amide bonds. The predicted molar refractivity (Wildman–Crippen MR) is 228 cm³/mol. The van der Waals surface area contributed by atoms with Gasteiger partial charge in [0.15, 0.2) is 0 Å². The van der Waals surface area contributed by atoms with E-state index in [-0.39, 0.29) is 0 Å². The topological polar surface area (TPSA) is 110 Å². The van der Waals surface area contributed by atoms with Gasteiger partial charge in [0.25, 0.3) is 0 Å². The molecular formula is C47H87NO5. The van der Waals surface area contributed by atoms with E-state index in [0.717, 1.165) is 64.2 Å². The quantitative estimate of drug-likeness (QED) is 0.0317. The highest BCUT2D eigenvalue weighted by molar-refractivity contribution is 5.80. The normalized spacial score (nSPS) is 14.6. The van der Waals surface area contributed by atoms with E-state index in [2.05, 4.69) is 67.8 Å². The van der Waals surface area contributed by atoms with Gasteiger partial charge in [-0.1, -0.05) is 172 Å². The molecule has 0 aromatic carbocycles. The van der Waals surface area contributed by atoms with Gasteiger partial charge < -0.3 is 25.7 Å². The van der Waals surface area contributed by atoms with Gasteiger partial charge in [-0.2, -0.15) is 0 Å². The highest BCUT2D eigenvalue weighted by Gasteiger charge is 2.28. The van der Waals surface area contributed by atoms with Crippen molar-refractivity contribution in [2.24, 2.45) is 0 Å². The Morgan fingerprint density at radius 3 is 1.21 bits per heavy atom. The minimum absolute atomic E-state index is 0.350. The van der Waals surface area contributed by atoms with Crippen molar-refractivity contribution in [3.63, 3.8) is 0 Å². The lowest BCUT2D eigenvalue weighted by molar-refractivity contribution is -0.132. The number of aliphatic hydroxyl groups excluding tert-OH is 4. The van der Waals surface area contributed by atoms with Crippen LogP contribution in [-0.2, 0) is 4.79 Å². The number of hydrogen-bond donors (Lipinski definition) is 5. The summed E-state index contributed by atoms with van der Waals surface area (Å²) in [5.74, 6) is -0.607. The van der Waals surface area contributed by atoms with Crippen LogP contribution in [0.25, 0.3) is 0 Å². The fourth-order valence-corrected chi connectivity index (χ4v) is 6.61. The van der Waals surface area contributed by atoms with Crippen molar-refractivity contribution in [3.05, 3.63) is 48.6 Å². The third-order valence-corrected chi connectivity index (χ3v) is 10.2. The molecular weight excluding hydrogens is 659 g/mol. The molecule has 0 saturated heterocycles. The Labute approximate surface area is 328 Å². The summed E-state index contributed by atoms with van der Waals surface area (Å²) in [6.45, 7) is 4.01. The Balaban J connectivity index is 3.83. The zero-order chi connectivity index (χ0) is 38.9. The summed E-state index contributed by atoms with van der Waals surface area (Å²) in [6.07, 6.45) is 50.0. The SMILES string of the molecule is CCCCCC/C=C\CCCCCCCCC(O)C(=O)NC(CO)C(O)C(O)CCC/C=C/CC/C=C/CC/C=C/CCCCCCCCCCCC. The number of hydrogen-bond acceptors (Lipinski definition) is 5. The predicted octanol–water partition coefficient (Wildman–Crippen LogP) is 11.9. The lowest BCUT2D eigenvalue weighted by atomic mass is 10.00. The average molecular weight is 746 g/mol. The van der Waals surface area contributed by atoms with E-state index in [1.165, 1.54) is 116 Å². The van der Waals surface area contributed by atoms with E-state index in [4.69, 9.17) is 0 Å². The number of carbonyl (C=O) groups is 1. The van der Waals surface area contributed by atoms with E-state index < -0.39 is 36.9 Å². The van der Waals surface area contributed by atoms with Gasteiger partial charge in [0.2, 0.25) is 5.91 Å². The first-order chi connectivity index (χ1) is 26.0. The molecule has 0 aliphatic heterocycles. The monoisotopic (exact) mass is 746 g/mol. The van der Waals surface area contributed by atoms with Crippen LogP contribution in [0.1, 0.15) is 213 Å². The second kappa shape index (κ2) is 41.4. The number of unbranched alkanes of at least 4 members (excludes halogenated alkanes) is 23. The average Bonchev–Trinajstić information content (AvgIpc) is 3.16. The van der Waals surface area contributed by atoms with Crippen LogP contribution in [-0.4, -0.2) is 57.3 Å². The van der Waals surface area contributed by atoms with Gasteiger partial charge in [-0.15, -0.1) is 0 Å². The summed E-state index contributed by atoms with van der Waals surface area (Å²) in [5.41, 5.74) is 0. The molecule has 0 aromatic heterocycles. The van der Waals surface area contributed by atoms with Crippen LogP contribution in [0.4, 0.5) is 0 Å². The fraction of sp³-hybridized carbons (Fsp3) is 0.809. The maximum absolute atomic E-state index is 12.5. The molecule has 0 radical (unpaired) electrons. The molecule has 0 spiro atoms. The molecule has 0 heterocycles. The van der Waals surface area contributed by atoms with E-state index >= 15 is 0 Å². The van der Waals surface area contributed by atoms with Crippen LogP contribution in [0.2, 0.25) is 0 Å². The van der Waals surface area contributed by atoms with Crippen molar-refractivity contribution in [1.82, 2.24) is 5.32 Å². The molecule has 53 heavy (non-hydrogen) atoms. The maximum Gasteiger partial charge on any atom is 0.249 e. The molecule has 5 N–H and O–H groups in total. The minimum atomic E-state index is -1.30. The number of aliphatic hydroxyl groups is 4. The van der Waals surface area contributed by atoms with Gasteiger partial charge in [0.05, 0.1) is 18.8 Å². The summed E-state index contributed by atoms with van der Waals surface area (Å²) in [4.78, 5) is 12.5. The summed E-state index contributed by atoms with van der Waals surface area (Å²) >= 11 is 0. The lowest BCUT2D eigenvalue weighted by Crippen LogP contribution is -2.53. The zero-order valence-electron chi connectivity index (χ0n) is 34.8. The molecule has 0 bridgehead atoms. The number of amides is 1. The van der Waals surface area contributed by atoms with Crippen molar-refractivity contribution in [2.75, 3.05) is 6.61 Å². The first-order valence-corrected chi connectivity index (χ1v) is 22.5. The van der Waals surface area contributed by atoms with Crippen LogP contribution in [0.3, 0.4) is 0 Å². The first-order valence-electron chi connectivity index (χ1n) is 22.5. The van der Waals surface area contributed by atoms with Crippen molar-refractivity contribution in [2.45, 2.75) is 237 Å². The van der Waals surface area contributed by atoms with Crippen LogP contribution < -0.4 is 5.32 Å². The standard InChI is InChI=1S/C47H87NO5/c1-3-5-7-9-11-13-15-17-19-20-21-22-23-24-25-26-27-29-30-32-34-36-38-40-44(50)46(52)43(42-49)48-47(53)45(51)41-39-37-35-33-31-28-18-16-14-12-10-8-6-4-2/h14,16,22-23,26-27,32,34,43-46,49-52H,3-13,15,17-21,24-25,28-31,33,35-42H2,1-2H3,(H,48,53)/b16-14-,23-22+,27-26+,34-32+. The number of carbonyl (C=O) groups excluding carboxylic acids is 1. The van der Waals surface area contributed by atoms with E-state index in [9.17, 15) is 25.2 Å². The maximum atomic E-state index is 12.5. The highest BCUT2D eigenvalue weighted by Crippen LogP contribution is 2.14. The first kappa shape index (κ1) is 51.3. The Hall–Kier alpha value is -1.73. The third-order valence-electron chi connectivity index (χ3n) is 10.2. The summed E-state index contributed by atoms with van der Waals surface area (Å²) < 4.78 is 0. The molecule has 0 aromatic rings. The van der Waals surface area contributed by atoms with Gasteiger partial charge in [-0.3, -0.25) is 4.79 Å². The van der Waals surface area contributed by atoms with Gasteiger partial charge in [0, 0.05) is 0 Å². The van der Waals surface area contributed by atoms with Gasteiger partial charge in [-0.05, 0) is 89.9 Å². The Kier molecular flexibility index (Phi) is 40.1. The van der Waals surface area contributed by atoms with E-state index in [1.54, 1.807) is 0 Å².